The zero-order chi connectivity index (χ0) is 20.7. The highest BCUT2D eigenvalue weighted by atomic mass is 35.5. The molecule has 0 aromatic heterocycles. The van der Waals surface area contributed by atoms with E-state index in [1.54, 1.807) is 18.2 Å². The Labute approximate surface area is 180 Å². The van der Waals surface area contributed by atoms with Crippen LogP contribution in [0.25, 0.3) is 6.08 Å². The molecular formula is C25H20ClNO3. The number of halogens is 1. The molecule has 30 heavy (non-hydrogen) atoms. The maximum absolute atomic E-state index is 12.9. The molecule has 2 aliphatic rings. The second-order valence-corrected chi connectivity index (χ2v) is 7.89. The molecule has 3 aromatic rings. The molecule has 2 aliphatic heterocycles. The molecular weight excluding hydrogens is 398 g/mol. The molecule has 0 aliphatic carbocycles. The SMILES string of the molecule is CC(c1ccccc1)N1COc2ccc3c(c2C1)O/C(=C\c1ccccc1Cl)C3=O. The fraction of sp³-hybridized carbons (Fsp3) is 0.160. The van der Waals surface area contributed by atoms with E-state index >= 15 is 0 Å². The van der Waals surface area contributed by atoms with Gasteiger partial charge in [0.25, 0.3) is 0 Å². The van der Waals surface area contributed by atoms with Crippen molar-refractivity contribution in [1.82, 2.24) is 4.90 Å². The van der Waals surface area contributed by atoms with Crippen LogP contribution < -0.4 is 9.47 Å². The first kappa shape index (κ1) is 18.9. The van der Waals surface area contributed by atoms with Crippen molar-refractivity contribution in [1.29, 1.82) is 0 Å². The van der Waals surface area contributed by atoms with Crippen LogP contribution in [0, 0.1) is 0 Å². The Balaban J connectivity index is 1.47. The first-order chi connectivity index (χ1) is 14.6. The van der Waals surface area contributed by atoms with E-state index in [4.69, 9.17) is 21.1 Å². The van der Waals surface area contributed by atoms with Gasteiger partial charge >= 0.3 is 0 Å². The number of rotatable bonds is 3. The van der Waals surface area contributed by atoms with E-state index < -0.39 is 0 Å². The molecule has 0 fully saturated rings. The lowest BCUT2D eigenvalue weighted by Gasteiger charge is -2.34. The quantitative estimate of drug-likeness (QED) is 0.499. The monoisotopic (exact) mass is 417 g/mol. The second kappa shape index (κ2) is 7.63. The molecule has 0 saturated heterocycles. The van der Waals surface area contributed by atoms with Crippen LogP contribution in [0.5, 0.6) is 11.5 Å². The van der Waals surface area contributed by atoms with E-state index in [0.717, 1.165) is 16.9 Å². The van der Waals surface area contributed by atoms with Crippen LogP contribution in [0.2, 0.25) is 5.02 Å². The topological polar surface area (TPSA) is 38.8 Å². The molecule has 5 heteroatoms. The predicted octanol–water partition coefficient (Wildman–Crippen LogP) is 5.87. The van der Waals surface area contributed by atoms with Gasteiger partial charge in [-0.25, -0.2) is 0 Å². The Kier molecular flexibility index (Phi) is 4.81. The number of benzene rings is 3. The number of ether oxygens (including phenoxy) is 2. The summed E-state index contributed by atoms with van der Waals surface area (Å²) in [6.07, 6.45) is 1.70. The summed E-state index contributed by atoms with van der Waals surface area (Å²) in [4.78, 5) is 15.2. The molecule has 1 unspecified atom stereocenters. The van der Waals surface area contributed by atoms with Gasteiger partial charge in [0.2, 0.25) is 5.78 Å². The maximum atomic E-state index is 12.9. The number of nitrogens with zero attached hydrogens (tertiary/aromatic N) is 1. The Hall–Kier alpha value is -3.08. The Morgan fingerprint density at radius 1 is 1.03 bits per heavy atom. The van der Waals surface area contributed by atoms with Gasteiger partial charge in [0.05, 0.1) is 11.1 Å². The molecule has 0 radical (unpaired) electrons. The van der Waals surface area contributed by atoms with Crippen LogP contribution in [0.4, 0.5) is 0 Å². The molecule has 0 bridgehead atoms. The van der Waals surface area contributed by atoms with E-state index in [1.807, 2.05) is 42.5 Å². The number of Topliss-reactive ketones (excluding diaryl/α,β-unsaturated/α-hetero) is 1. The molecule has 5 rings (SSSR count). The van der Waals surface area contributed by atoms with Gasteiger partial charge in [-0.05, 0) is 42.3 Å². The molecule has 0 spiro atoms. The van der Waals surface area contributed by atoms with Crippen molar-refractivity contribution in [2.75, 3.05) is 6.73 Å². The fourth-order valence-electron chi connectivity index (χ4n) is 3.90. The molecule has 1 atom stereocenters. The van der Waals surface area contributed by atoms with E-state index in [0.29, 0.717) is 29.6 Å². The Morgan fingerprint density at radius 2 is 1.80 bits per heavy atom. The van der Waals surface area contributed by atoms with Crippen molar-refractivity contribution in [3.63, 3.8) is 0 Å². The molecule has 4 nitrogen and oxygen atoms in total. The van der Waals surface area contributed by atoms with Crippen LogP contribution in [0.1, 0.15) is 40.0 Å². The van der Waals surface area contributed by atoms with Crippen molar-refractivity contribution in [2.45, 2.75) is 19.5 Å². The van der Waals surface area contributed by atoms with Gasteiger partial charge in [-0.2, -0.15) is 0 Å². The molecule has 3 aromatic carbocycles. The van der Waals surface area contributed by atoms with Gasteiger partial charge in [-0.1, -0.05) is 60.1 Å². The average Bonchev–Trinajstić information content (AvgIpc) is 3.11. The number of carbonyl (C=O) groups excluding carboxylic acids is 1. The predicted molar refractivity (Wildman–Crippen MR) is 117 cm³/mol. The van der Waals surface area contributed by atoms with Crippen molar-refractivity contribution >= 4 is 23.5 Å². The second-order valence-electron chi connectivity index (χ2n) is 7.49. The third kappa shape index (κ3) is 3.28. The largest absolute Gasteiger partial charge is 0.478 e. The average molecular weight is 418 g/mol. The summed E-state index contributed by atoms with van der Waals surface area (Å²) in [5.74, 6) is 1.48. The highest BCUT2D eigenvalue weighted by Crippen LogP contribution is 2.43. The number of hydrogen-bond donors (Lipinski definition) is 0. The lowest BCUT2D eigenvalue weighted by Crippen LogP contribution is -2.34. The van der Waals surface area contributed by atoms with Gasteiger partial charge in [0.15, 0.2) is 5.76 Å². The third-order valence-electron chi connectivity index (χ3n) is 5.67. The summed E-state index contributed by atoms with van der Waals surface area (Å²) >= 11 is 6.25. The zero-order valence-corrected chi connectivity index (χ0v) is 17.2. The molecule has 0 amide bonds. The van der Waals surface area contributed by atoms with Crippen molar-refractivity contribution in [3.8, 4) is 11.5 Å². The van der Waals surface area contributed by atoms with Crippen molar-refractivity contribution in [3.05, 3.63) is 99.8 Å². The highest BCUT2D eigenvalue weighted by molar-refractivity contribution is 6.32. The standard InChI is InChI=1S/C25H20ClNO3/c1-16(17-7-3-2-4-8-17)27-14-20-22(29-15-27)12-11-19-24(28)23(30-25(19)20)13-18-9-5-6-10-21(18)26/h2-13,16H,14-15H2,1H3/b23-13-. The van der Waals surface area contributed by atoms with Crippen LogP contribution in [0.3, 0.4) is 0 Å². The maximum Gasteiger partial charge on any atom is 0.231 e. The minimum atomic E-state index is -0.138. The van der Waals surface area contributed by atoms with Gasteiger partial charge in [-0.3, -0.25) is 9.69 Å². The van der Waals surface area contributed by atoms with E-state index in [9.17, 15) is 4.79 Å². The minimum Gasteiger partial charge on any atom is -0.478 e. The number of hydrogen-bond acceptors (Lipinski definition) is 4. The Morgan fingerprint density at radius 3 is 2.60 bits per heavy atom. The first-order valence-corrected chi connectivity index (χ1v) is 10.3. The fourth-order valence-corrected chi connectivity index (χ4v) is 4.09. The molecule has 0 N–H and O–H groups in total. The van der Waals surface area contributed by atoms with Gasteiger partial charge < -0.3 is 9.47 Å². The van der Waals surface area contributed by atoms with Crippen LogP contribution in [-0.2, 0) is 6.54 Å². The molecule has 150 valence electrons. The lowest BCUT2D eigenvalue weighted by atomic mass is 10.0. The Bertz CT molecular complexity index is 1160. The third-order valence-corrected chi connectivity index (χ3v) is 6.01. The first-order valence-electron chi connectivity index (χ1n) is 9.88. The van der Waals surface area contributed by atoms with Crippen LogP contribution >= 0.6 is 11.6 Å². The van der Waals surface area contributed by atoms with Crippen LogP contribution in [-0.4, -0.2) is 17.4 Å². The van der Waals surface area contributed by atoms with Gasteiger partial charge in [0, 0.05) is 17.6 Å². The summed E-state index contributed by atoms with van der Waals surface area (Å²) in [7, 11) is 0. The van der Waals surface area contributed by atoms with E-state index in [-0.39, 0.29) is 17.6 Å². The summed E-state index contributed by atoms with van der Waals surface area (Å²) in [5, 5.41) is 0.575. The molecule has 0 saturated carbocycles. The number of fused-ring (bicyclic) bond motifs is 3. The van der Waals surface area contributed by atoms with Gasteiger partial charge in [0.1, 0.15) is 18.2 Å². The van der Waals surface area contributed by atoms with Crippen molar-refractivity contribution < 1.29 is 14.3 Å². The highest BCUT2D eigenvalue weighted by Gasteiger charge is 2.34. The van der Waals surface area contributed by atoms with E-state index in [2.05, 4.69) is 24.0 Å². The summed E-state index contributed by atoms with van der Waals surface area (Å²) in [5.41, 5.74) is 3.43. The lowest BCUT2D eigenvalue weighted by molar-refractivity contribution is 0.0606. The van der Waals surface area contributed by atoms with E-state index in [1.165, 1.54) is 5.56 Å². The number of carbonyl (C=O) groups is 1. The summed E-state index contributed by atoms with van der Waals surface area (Å²) < 4.78 is 12.1. The zero-order valence-electron chi connectivity index (χ0n) is 16.5. The van der Waals surface area contributed by atoms with Crippen LogP contribution in [0.15, 0.2) is 72.5 Å². The van der Waals surface area contributed by atoms with Gasteiger partial charge in [-0.15, -0.1) is 0 Å². The normalized spacial score (nSPS) is 17.8. The smallest absolute Gasteiger partial charge is 0.231 e. The number of allylic oxidation sites excluding steroid dienone is 1. The molecule has 2 heterocycles. The minimum absolute atomic E-state index is 0.138. The van der Waals surface area contributed by atoms with Crippen molar-refractivity contribution in [2.24, 2.45) is 0 Å². The summed E-state index contributed by atoms with van der Waals surface area (Å²) in [6.45, 7) is 3.28. The number of ketones is 1. The summed E-state index contributed by atoms with van der Waals surface area (Å²) in [6, 6.07) is 21.5.